The van der Waals surface area contributed by atoms with Gasteiger partial charge in [0.05, 0.1) is 38.0 Å². The molecule has 1 aromatic heterocycles. The number of thiazole rings is 1. The zero-order valence-electron chi connectivity index (χ0n) is 24.4. The Kier molecular flexibility index (Phi) is 7.95. The normalized spacial score (nSPS) is 18.9. The van der Waals surface area contributed by atoms with Crippen molar-refractivity contribution in [2.75, 3.05) is 31.5 Å². The van der Waals surface area contributed by atoms with Gasteiger partial charge in [0.1, 0.15) is 17.5 Å². The molecule has 12 heteroatoms. The number of rotatable bonds is 8. The summed E-state index contributed by atoms with van der Waals surface area (Å²) in [6.07, 6.45) is 0. The van der Waals surface area contributed by atoms with Crippen LogP contribution in [-0.4, -0.2) is 48.9 Å². The lowest BCUT2D eigenvalue weighted by molar-refractivity contribution is -0.122. The molecule has 10 nitrogen and oxygen atoms in total. The Labute approximate surface area is 261 Å². The van der Waals surface area contributed by atoms with E-state index in [0.717, 1.165) is 28.7 Å². The van der Waals surface area contributed by atoms with Crippen molar-refractivity contribution < 1.29 is 28.6 Å². The number of anilines is 2. The summed E-state index contributed by atoms with van der Waals surface area (Å²) in [6, 6.07) is 19.4. The fourth-order valence-corrected chi connectivity index (χ4v) is 8.49. The number of nitrogens with zero attached hydrogens (tertiary/aromatic N) is 2. The Bertz CT molecular complexity index is 1830. The molecule has 0 saturated carbocycles. The van der Waals surface area contributed by atoms with E-state index in [-0.39, 0.29) is 29.1 Å². The second kappa shape index (κ2) is 11.9. The van der Waals surface area contributed by atoms with E-state index in [2.05, 4.69) is 5.32 Å². The summed E-state index contributed by atoms with van der Waals surface area (Å²) >= 11 is 2.14. The molecule has 3 atom stereocenters. The predicted molar refractivity (Wildman–Crippen MR) is 168 cm³/mol. The molecule has 1 N–H and O–H groups in total. The quantitative estimate of drug-likeness (QED) is 0.279. The van der Waals surface area contributed by atoms with Gasteiger partial charge in [-0.05, 0) is 66.6 Å². The highest BCUT2D eigenvalue weighted by Gasteiger charge is 2.57. The number of carbonyl (C=O) groups is 3. The first-order valence-electron chi connectivity index (χ1n) is 13.7. The van der Waals surface area contributed by atoms with Gasteiger partial charge in [-0.25, -0.2) is 4.90 Å². The molecule has 3 aromatic carbocycles. The highest BCUT2D eigenvalue weighted by molar-refractivity contribution is 8.00. The molecule has 0 aliphatic carbocycles. The molecule has 4 aromatic rings. The summed E-state index contributed by atoms with van der Waals surface area (Å²) in [7, 11) is 4.59. The SMILES string of the molecule is COc1ccc(N2C(=O)C3Sc4c(sc(=O)n4CC(=O)Nc4cccc(C)c4)[C@H](c4ccc(OC)c(OC)c4)C3C2=O)cc1. The van der Waals surface area contributed by atoms with Crippen LogP contribution in [0.2, 0.25) is 0 Å². The van der Waals surface area contributed by atoms with Crippen LogP contribution in [-0.2, 0) is 20.9 Å². The zero-order valence-corrected chi connectivity index (χ0v) is 26.0. The number of ether oxygens (including phenoxy) is 3. The van der Waals surface area contributed by atoms with Crippen LogP contribution in [0.4, 0.5) is 11.4 Å². The first kappa shape index (κ1) is 29.5. The third-order valence-corrected chi connectivity index (χ3v) is 10.4. The van der Waals surface area contributed by atoms with Crippen molar-refractivity contribution in [1.82, 2.24) is 4.57 Å². The van der Waals surface area contributed by atoms with E-state index in [1.54, 1.807) is 49.6 Å². The maximum absolute atomic E-state index is 14.1. The molecule has 3 amide bonds. The molecule has 44 heavy (non-hydrogen) atoms. The largest absolute Gasteiger partial charge is 0.497 e. The fourth-order valence-electron chi connectivity index (χ4n) is 5.71. The Morgan fingerprint density at radius 1 is 0.886 bits per heavy atom. The van der Waals surface area contributed by atoms with Crippen molar-refractivity contribution in [2.45, 2.75) is 29.7 Å². The molecule has 226 valence electrons. The van der Waals surface area contributed by atoms with Gasteiger partial charge < -0.3 is 19.5 Å². The van der Waals surface area contributed by atoms with Gasteiger partial charge in [-0.2, -0.15) is 0 Å². The minimum absolute atomic E-state index is 0.244. The van der Waals surface area contributed by atoms with E-state index in [1.165, 1.54) is 23.7 Å². The lowest BCUT2D eigenvalue weighted by atomic mass is 9.83. The summed E-state index contributed by atoms with van der Waals surface area (Å²) < 4.78 is 17.6. The summed E-state index contributed by atoms with van der Waals surface area (Å²) in [5.41, 5.74) is 2.72. The van der Waals surface area contributed by atoms with Gasteiger partial charge in [0, 0.05) is 16.5 Å². The summed E-state index contributed by atoms with van der Waals surface area (Å²) in [5.74, 6) is -1.02. The number of thioether (sulfide) groups is 1. The number of nitrogens with one attached hydrogen (secondary N) is 1. The highest BCUT2D eigenvalue weighted by Crippen LogP contribution is 2.54. The van der Waals surface area contributed by atoms with Crippen LogP contribution in [0.25, 0.3) is 0 Å². The van der Waals surface area contributed by atoms with Gasteiger partial charge in [-0.3, -0.25) is 23.7 Å². The molecule has 6 rings (SSSR count). The topological polar surface area (TPSA) is 116 Å². The number of benzene rings is 3. The molecule has 0 radical (unpaired) electrons. The van der Waals surface area contributed by atoms with Gasteiger partial charge in [-0.15, -0.1) is 0 Å². The van der Waals surface area contributed by atoms with E-state index < -0.39 is 17.1 Å². The van der Waals surface area contributed by atoms with Crippen LogP contribution in [0.1, 0.15) is 21.9 Å². The molecular formula is C32H29N3O7S2. The molecule has 1 fully saturated rings. The number of carbonyl (C=O) groups excluding carboxylic acids is 3. The molecular weight excluding hydrogens is 603 g/mol. The second-order valence-electron chi connectivity index (χ2n) is 10.4. The van der Waals surface area contributed by atoms with E-state index >= 15 is 0 Å². The minimum Gasteiger partial charge on any atom is -0.497 e. The first-order chi connectivity index (χ1) is 21.2. The molecule has 2 aliphatic heterocycles. The second-order valence-corrected chi connectivity index (χ2v) is 12.5. The first-order valence-corrected chi connectivity index (χ1v) is 15.4. The van der Waals surface area contributed by atoms with E-state index in [1.807, 2.05) is 31.2 Å². The van der Waals surface area contributed by atoms with E-state index in [0.29, 0.717) is 44.1 Å². The van der Waals surface area contributed by atoms with Crippen LogP contribution < -0.4 is 29.3 Å². The van der Waals surface area contributed by atoms with Crippen LogP contribution >= 0.6 is 23.1 Å². The van der Waals surface area contributed by atoms with Crippen LogP contribution in [0.5, 0.6) is 17.2 Å². The standard InChI is InChI=1S/C32H29N3O7S2/c1-17-6-5-7-19(14-17)33-24(36)16-34-31-28(44-32(34)39)25(18-8-13-22(41-3)23(15-18)42-4)26-27(43-31)30(38)35(29(26)37)20-9-11-21(40-2)12-10-20/h5-15,25-27H,16H2,1-4H3,(H,33,36)/t25-,26?,27?/m1/s1. The Morgan fingerprint density at radius 2 is 1.64 bits per heavy atom. The number of hydrogen-bond acceptors (Lipinski definition) is 9. The lowest BCUT2D eigenvalue weighted by Gasteiger charge is -2.31. The van der Waals surface area contributed by atoms with Crippen molar-refractivity contribution in [3.05, 3.63) is 92.4 Å². The van der Waals surface area contributed by atoms with Crippen molar-refractivity contribution >= 4 is 52.2 Å². The summed E-state index contributed by atoms with van der Waals surface area (Å²) in [4.78, 5) is 56.1. The third kappa shape index (κ3) is 5.13. The average Bonchev–Trinajstić information content (AvgIpc) is 3.46. The third-order valence-electron chi connectivity index (χ3n) is 7.75. The molecule has 0 bridgehead atoms. The zero-order chi connectivity index (χ0) is 31.1. The number of aryl methyl sites for hydroxylation is 1. The van der Waals surface area contributed by atoms with Crippen molar-refractivity contribution in [3.63, 3.8) is 0 Å². The van der Waals surface area contributed by atoms with Gasteiger partial charge >= 0.3 is 4.87 Å². The molecule has 2 aliphatic rings. The predicted octanol–water partition coefficient (Wildman–Crippen LogP) is 4.68. The molecule has 0 spiro atoms. The van der Waals surface area contributed by atoms with Crippen molar-refractivity contribution in [3.8, 4) is 17.2 Å². The minimum atomic E-state index is -0.824. The van der Waals surface area contributed by atoms with Crippen LogP contribution in [0.15, 0.2) is 76.6 Å². The van der Waals surface area contributed by atoms with Crippen molar-refractivity contribution in [1.29, 1.82) is 0 Å². The summed E-state index contributed by atoms with van der Waals surface area (Å²) in [6.45, 7) is 1.68. The smallest absolute Gasteiger partial charge is 0.308 e. The molecule has 3 heterocycles. The van der Waals surface area contributed by atoms with Crippen LogP contribution in [0.3, 0.4) is 0 Å². The maximum atomic E-state index is 14.1. The van der Waals surface area contributed by atoms with Gasteiger partial charge in [0.25, 0.3) is 0 Å². The number of hydrogen-bond donors (Lipinski definition) is 1. The van der Waals surface area contributed by atoms with Gasteiger partial charge in [0.2, 0.25) is 17.7 Å². The highest BCUT2D eigenvalue weighted by atomic mass is 32.2. The fraction of sp³-hybridized carbons (Fsp3) is 0.250. The van der Waals surface area contributed by atoms with Gasteiger partial charge in [-0.1, -0.05) is 41.3 Å². The number of imide groups is 1. The monoisotopic (exact) mass is 631 g/mol. The Hall–Kier alpha value is -4.55. The lowest BCUT2D eigenvalue weighted by Crippen LogP contribution is -2.33. The molecule has 2 unspecified atom stereocenters. The number of methoxy groups -OCH3 is 3. The van der Waals surface area contributed by atoms with E-state index in [9.17, 15) is 19.2 Å². The summed E-state index contributed by atoms with van der Waals surface area (Å²) in [5, 5.41) is 2.53. The Balaban J connectivity index is 1.43. The van der Waals surface area contributed by atoms with Crippen LogP contribution in [0, 0.1) is 12.8 Å². The van der Waals surface area contributed by atoms with E-state index in [4.69, 9.17) is 14.2 Å². The number of amides is 3. The number of aromatic nitrogens is 1. The number of fused-ring (bicyclic) bond motifs is 2. The van der Waals surface area contributed by atoms with Gasteiger partial charge in [0.15, 0.2) is 11.5 Å². The average molecular weight is 632 g/mol. The molecule has 1 saturated heterocycles. The Morgan fingerprint density at radius 3 is 2.32 bits per heavy atom. The maximum Gasteiger partial charge on any atom is 0.308 e. The van der Waals surface area contributed by atoms with Crippen molar-refractivity contribution in [2.24, 2.45) is 5.92 Å².